The number of hydrogen-bond acceptors (Lipinski definition) is 5. The molecule has 3 aromatic rings. The largest absolute Gasteiger partial charge is 0.497 e. The summed E-state index contributed by atoms with van der Waals surface area (Å²) in [7, 11) is 1.61. The van der Waals surface area contributed by atoms with Crippen LogP contribution in [0.2, 0.25) is 0 Å². The van der Waals surface area contributed by atoms with Gasteiger partial charge in [0, 0.05) is 18.1 Å². The van der Waals surface area contributed by atoms with Crippen molar-refractivity contribution >= 4 is 16.9 Å². The fraction of sp³-hybridized carbons (Fsp3) is 0.467. The third-order valence-corrected chi connectivity index (χ3v) is 8.77. The average Bonchev–Trinajstić information content (AvgIpc) is 2.88. The molecule has 5 rings (SSSR count). The number of nitrogens with one attached hydrogen (secondary N) is 1. The van der Waals surface area contributed by atoms with E-state index in [0.29, 0.717) is 24.3 Å². The zero-order valence-electron chi connectivity index (χ0n) is 21.4. The first kappa shape index (κ1) is 25.6. The van der Waals surface area contributed by atoms with Crippen LogP contribution in [0.25, 0.3) is 10.9 Å². The summed E-state index contributed by atoms with van der Waals surface area (Å²) in [5.74, 6) is -0.221. The number of carbonyl (C=O) groups is 1. The summed E-state index contributed by atoms with van der Waals surface area (Å²) >= 11 is 0. The Morgan fingerprint density at radius 3 is 2.81 bits per heavy atom. The van der Waals surface area contributed by atoms with Gasteiger partial charge in [-0.15, -0.1) is 0 Å². The van der Waals surface area contributed by atoms with Gasteiger partial charge in [-0.25, -0.2) is 4.39 Å². The molecule has 1 saturated heterocycles. The molecule has 1 aliphatic heterocycles. The number of carboxylic acids is 1. The maximum atomic E-state index is 14.2. The summed E-state index contributed by atoms with van der Waals surface area (Å²) < 4.78 is 19.6. The van der Waals surface area contributed by atoms with E-state index in [-0.39, 0.29) is 29.5 Å². The van der Waals surface area contributed by atoms with Crippen LogP contribution in [0.4, 0.5) is 4.39 Å². The molecule has 0 bridgehead atoms. The number of methoxy groups -OCH3 is 1. The van der Waals surface area contributed by atoms with Gasteiger partial charge in [0.1, 0.15) is 11.6 Å². The smallest absolute Gasteiger partial charge is 0.308 e. The summed E-state index contributed by atoms with van der Waals surface area (Å²) in [6.07, 6.45) is 3.94. The third kappa shape index (κ3) is 5.07. The normalized spacial score (nSPS) is 25.3. The topological polar surface area (TPSA) is 91.7 Å². The molecule has 0 amide bonds. The molecule has 3 N–H and O–H groups in total. The number of benzene rings is 2. The highest BCUT2D eigenvalue weighted by Crippen LogP contribution is 2.52. The highest BCUT2D eigenvalue weighted by molar-refractivity contribution is 5.83. The highest BCUT2D eigenvalue weighted by Gasteiger charge is 2.45. The molecule has 6 nitrogen and oxygen atoms in total. The van der Waals surface area contributed by atoms with Crippen LogP contribution >= 0.6 is 0 Å². The first-order valence-electron chi connectivity index (χ1n) is 13.2. The number of nitrogens with zero attached hydrogens (tertiary/aromatic N) is 1. The van der Waals surface area contributed by atoms with Crippen molar-refractivity contribution in [2.24, 2.45) is 23.7 Å². The Bertz CT molecular complexity index is 1280. The lowest BCUT2D eigenvalue weighted by atomic mass is 9.58. The zero-order chi connectivity index (χ0) is 26.1. The second-order valence-corrected chi connectivity index (χ2v) is 10.7. The quantitative estimate of drug-likeness (QED) is 0.387. The average molecular weight is 507 g/mol. The SMILES string of the molecule is COc1ccc2nccc([C@H](O)C[C@H](C3CC(c4cccc(F)c4C)C3)C3CCNCC3C(=O)O)c2c1. The standard InChI is InChI=1S/C30H35FN2O4/c1-17-21(4-3-5-27(17)31)18-12-19(13-18)24(22-8-10-32-16-26(22)30(35)36)15-29(34)23-9-11-33-28-7-6-20(37-2)14-25(23)28/h3-7,9,11,14,18-19,22,24,26,29,32,34H,8,10,12-13,15-16H2,1-2H3,(H,35,36)/t18?,19?,22?,24-,26?,29-/m1/s1. The van der Waals surface area contributed by atoms with Crippen molar-refractivity contribution in [2.75, 3.05) is 20.2 Å². The number of aliphatic hydroxyl groups is 1. The fourth-order valence-electron chi connectivity index (χ4n) is 6.66. The lowest BCUT2D eigenvalue weighted by Gasteiger charge is -2.47. The number of hydrogen-bond donors (Lipinski definition) is 3. The lowest BCUT2D eigenvalue weighted by Crippen LogP contribution is -2.47. The Balaban J connectivity index is 1.43. The van der Waals surface area contributed by atoms with E-state index in [2.05, 4.69) is 10.3 Å². The monoisotopic (exact) mass is 506 g/mol. The summed E-state index contributed by atoms with van der Waals surface area (Å²) in [5.41, 5.74) is 3.31. The van der Waals surface area contributed by atoms with Crippen LogP contribution in [0.15, 0.2) is 48.7 Å². The second-order valence-electron chi connectivity index (χ2n) is 10.7. The van der Waals surface area contributed by atoms with E-state index in [1.165, 1.54) is 6.07 Å². The molecule has 0 radical (unpaired) electrons. The van der Waals surface area contributed by atoms with E-state index < -0.39 is 18.0 Å². The molecule has 2 aromatic carbocycles. The number of pyridine rings is 1. The van der Waals surface area contributed by atoms with Crippen molar-refractivity contribution < 1.29 is 24.1 Å². The minimum atomic E-state index is -0.785. The Kier molecular flexibility index (Phi) is 7.45. The van der Waals surface area contributed by atoms with Crippen LogP contribution in [0, 0.1) is 36.4 Å². The molecule has 2 fully saturated rings. The van der Waals surface area contributed by atoms with Gasteiger partial charge in [0.15, 0.2) is 0 Å². The van der Waals surface area contributed by atoms with Crippen LogP contribution in [0.1, 0.15) is 54.4 Å². The van der Waals surface area contributed by atoms with Crippen molar-refractivity contribution in [3.8, 4) is 5.75 Å². The molecular weight excluding hydrogens is 471 g/mol. The predicted octanol–water partition coefficient (Wildman–Crippen LogP) is 5.23. The molecule has 2 heterocycles. The van der Waals surface area contributed by atoms with E-state index in [9.17, 15) is 19.4 Å². The van der Waals surface area contributed by atoms with E-state index in [1.54, 1.807) is 19.4 Å². The number of aromatic nitrogens is 1. The summed E-state index contributed by atoms with van der Waals surface area (Å²) in [6.45, 7) is 3.05. The number of aliphatic hydroxyl groups excluding tert-OH is 1. The first-order valence-corrected chi connectivity index (χ1v) is 13.2. The van der Waals surface area contributed by atoms with Crippen molar-refractivity contribution in [3.63, 3.8) is 0 Å². The van der Waals surface area contributed by atoms with Crippen LogP contribution < -0.4 is 10.1 Å². The minimum absolute atomic E-state index is 0.0319. The fourth-order valence-corrected chi connectivity index (χ4v) is 6.66. The van der Waals surface area contributed by atoms with Crippen LogP contribution in [-0.4, -0.2) is 41.4 Å². The molecular formula is C30H35FN2O4. The van der Waals surface area contributed by atoms with Crippen molar-refractivity contribution in [2.45, 2.75) is 44.6 Å². The van der Waals surface area contributed by atoms with Gasteiger partial charge in [-0.3, -0.25) is 9.78 Å². The van der Waals surface area contributed by atoms with E-state index in [4.69, 9.17) is 4.74 Å². The molecule has 1 aromatic heterocycles. The van der Waals surface area contributed by atoms with Crippen molar-refractivity contribution in [1.82, 2.24) is 10.3 Å². The lowest BCUT2D eigenvalue weighted by molar-refractivity contribution is -0.146. The number of carboxylic acid groups (broad SMARTS) is 1. The molecule has 1 aliphatic carbocycles. The molecule has 7 heteroatoms. The molecule has 196 valence electrons. The molecule has 2 unspecified atom stereocenters. The van der Waals surface area contributed by atoms with E-state index in [0.717, 1.165) is 47.8 Å². The van der Waals surface area contributed by atoms with Gasteiger partial charge in [-0.05, 0) is 110 Å². The Morgan fingerprint density at radius 2 is 2.05 bits per heavy atom. The van der Waals surface area contributed by atoms with Gasteiger partial charge in [0.25, 0.3) is 0 Å². The molecule has 2 aliphatic rings. The van der Waals surface area contributed by atoms with Gasteiger partial charge in [0.05, 0.1) is 24.6 Å². The number of fused-ring (bicyclic) bond motifs is 1. The minimum Gasteiger partial charge on any atom is -0.497 e. The maximum Gasteiger partial charge on any atom is 0.308 e. The van der Waals surface area contributed by atoms with Gasteiger partial charge in [0.2, 0.25) is 0 Å². The van der Waals surface area contributed by atoms with Crippen LogP contribution in [0.5, 0.6) is 5.75 Å². The number of rotatable bonds is 8. The van der Waals surface area contributed by atoms with Gasteiger partial charge in [-0.1, -0.05) is 12.1 Å². The molecule has 4 atom stereocenters. The van der Waals surface area contributed by atoms with E-state index in [1.807, 2.05) is 37.3 Å². The molecule has 37 heavy (non-hydrogen) atoms. The first-order chi connectivity index (χ1) is 17.9. The van der Waals surface area contributed by atoms with Gasteiger partial charge >= 0.3 is 5.97 Å². The molecule has 1 saturated carbocycles. The Labute approximate surface area is 216 Å². The second kappa shape index (κ2) is 10.8. The summed E-state index contributed by atoms with van der Waals surface area (Å²) in [4.78, 5) is 16.6. The van der Waals surface area contributed by atoms with Crippen LogP contribution in [-0.2, 0) is 4.79 Å². The predicted molar refractivity (Wildman–Crippen MR) is 140 cm³/mol. The number of ether oxygens (including phenoxy) is 1. The van der Waals surface area contributed by atoms with E-state index >= 15 is 0 Å². The summed E-state index contributed by atoms with van der Waals surface area (Å²) in [5, 5.41) is 25.7. The maximum absolute atomic E-state index is 14.2. The summed E-state index contributed by atoms with van der Waals surface area (Å²) in [6, 6.07) is 12.7. The van der Waals surface area contributed by atoms with Gasteiger partial charge < -0.3 is 20.3 Å². The third-order valence-electron chi connectivity index (χ3n) is 8.77. The highest BCUT2D eigenvalue weighted by atomic mass is 19.1. The number of aliphatic carboxylic acids is 1. The van der Waals surface area contributed by atoms with Crippen LogP contribution in [0.3, 0.4) is 0 Å². The Morgan fingerprint density at radius 1 is 1.24 bits per heavy atom. The van der Waals surface area contributed by atoms with Gasteiger partial charge in [-0.2, -0.15) is 0 Å². The number of halogens is 1. The Hall–Kier alpha value is -3.03. The van der Waals surface area contributed by atoms with Crippen molar-refractivity contribution in [3.05, 3.63) is 71.2 Å². The zero-order valence-corrected chi connectivity index (χ0v) is 21.4. The molecule has 0 spiro atoms. The van der Waals surface area contributed by atoms with Crippen molar-refractivity contribution in [1.29, 1.82) is 0 Å². The number of piperidine rings is 1.